The third-order valence-corrected chi connectivity index (χ3v) is 5.05. The fourth-order valence-corrected chi connectivity index (χ4v) is 3.50. The number of anilines is 1. The fraction of sp³-hybridized carbons (Fsp3) is 0.421. The van der Waals surface area contributed by atoms with Crippen LogP contribution in [0.3, 0.4) is 0 Å². The van der Waals surface area contributed by atoms with E-state index in [2.05, 4.69) is 17.0 Å². The van der Waals surface area contributed by atoms with Gasteiger partial charge in [0, 0.05) is 43.7 Å². The summed E-state index contributed by atoms with van der Waals surface area (Å²) >= 11 is 0. The van der Waals surface area contributed by atoms with E-state index in [1.54, 1.807) is 13.4 Å². The standard InChI is InChI=1S/C19H22N2O3/c1-23-15-6-4-14(5-7-15)20-8-10-21(11-9-20)19(22)17-13-16(17)18-3-2-12-24-18/h2-7,12,16-17H,8-11,13H2,1H3/t16-,17+/m0/s1. The first-order valence-corrected chi connectivity index (χ1v) is 8.47. The summed E-state index contributed by atoms with van der Waals surface area (Å²) < 4.78 is 10.6. The first-order valence-electron chi connectivity index (χ1n) is 8.47. The van der Waals surface area contributed by atoms with Gasteiger partial charge in [-0.25, -0.2) is 0 Å². The summed E-state index contributed by atoms with van der Waals surface area (Å²) in [5.41, 5.74) is 1.18. The molecule has 0 radical (unpaired) electrons. The Balaban J connectivity index is 1.32. The SMILES string of the molecule is COc1ccc(N2CCN(C(=O)[C@@H]3C[C@@H]3c3ccco3)CC2)cc1. The lowest BCUT2D eigenvalue weighted by molar-refractivity contribution is -0.133. The van der Waals surface area contributed by atoms with E-state index in [9.17, 15) is 4.79 Å². The summed E-state index contributed by atoms with van der Waals surface area (Å²) in [4.78, 5) is 17.0. The molecule has 2 fully saturated rings. The predicted octanol–water partition coefficient (Wildman–Crippen LogP) is 2.74. The Bertz CT molecular complexity index is 688. The van der Waals surface area contributed by atoms with Gasteiger partial charge in [-0.3, -0.25) is 4.79 Å². The molecular formula is C19H22N2O3. The van der Waals surface area contributed by atoms with Crippen LogP contribution < -0.4 is 9.64 Å². The highest BCUT2D eigenvalue weighted by Gasteiger charge is 2.47. The molecule has 2 aliphatic rings. The van der Waals surface area contributed by atoms with Crippen LogP contribution in [0.2, 0.25) is 0 Å². The second kappa shape index (κ2) is 6.23. The third kappa shape index (κ3) is 2.86. The van der Waals surface area contributed by atoms with Crippen LogP contribution in [-0.4, -0.2) is 44.1 Å². The number of amides is 1. The number of ether oxygens (including phenoxy) is 1. The number of hydrogen-bond acceptors (Lipinski definition) is 4. The lowest BCUT2D eigenvalue weighted by atomic mass is 10.2. The number of carbonyl (C=O) groups is 1. The molecule has 4 rings (SSSR count). The second-order valence-corrected chi connectivity index (χ2v) is 6.47. The molecule has 5 heteroatoms. The Morgan fingerprint density at radius 1 is 1.12 bits per heavy atom. The van der Waals surface area contributed by atoms with E-state index in [1.165, 1.54) is 5.69 Å². The molecule has 0 bridgehead atoms. The van der Waals surface area contributed by atoms with Crippen molar-refractivity contribution < 1.29 is 13.9 Å². The molecule has 2 aromatic rings. The van der Waals surface area contributed by atoms with Crippen LogP contribution in [0.4, 0.5) is 5.69 Å². The van der Waals surface area contributed by atoms with Gasteiger partial charge in [0.05, 0.1) is 13.4 Å². The predicted molar refractivity (Wildman–Crippen MR) is 91.3 cm³/mol. The average molecular weight is 326 g/mol. The molecule has 1 saturated heterocycles. The molecule has 2 heterocycles. The van der Waals surface area contributed by atoms with Crippen LogP contribution in [-0.2, 0) is 4.79 Å². The van der Waals surface area contributed by atoms with Gasteiger partial charge in [-0.2, -0.15) is 0 Å². The fourth-order valence-electron chi connectivity index (χ4n) is 3.50. The largest absolute Gasteiger partial charge is 0.497 e. The van der Waals surface area contributed by atoms with Gasteiger partial charge >= 0.3 is 0 Å². The minimum atomic E-state index is 0.115. The van der Waals surface area contributed by atoms with Crippen LogP contribution in [0.15, 0.2) is 47.1 Å². The minimum Gasteiger partial charge on any atom is -0.497 e. The van der Waals surface area contributed by atoms with Crippen molar-refractivity contribution in [2.75, 3.05) is 38.2 Å². The van der Waals surface area contributed by atoms with E-state index in [0.717, 1.165) is 44.1 Å². The molecule has 1 aromatic carbocycles. The highest BCUT2D eigenvalue weighted by molar-refractivity contribution is 5.83. The van der Waals surface area contributed by atoms with Crippen molar-refractivity contribution in [3.63, 3.8) is 0 Å². The van der Waals surface area contributed by atoms with E-state index in [-0.39, 0.29) is 17.7 Å². The number of furan rings is 1. The van der Waals surface area contributed by atoms with E-state index >= 15 is 0 Å². The van der Waals surface area contributed by atoms with Gasteiger partial charge in [0.1, 0.15) is 11.5 Å². The van der Waals surface area contributed by atoms with Crippen molar-refractivity contribution in [2.24, 2.45) is 5.92 Å². The number of carbonyl (C=O) groups excluding carboxylic acids is 1. The summed E-state index contributed by atoms with van der Waals surface area (Å²) in [6.07, 6.45) is 2.61. The van der Waals surface area contributed by atoms with E-state index in [1.807, 2.05) is 29.2 Å². The second-order valence-electron chi connectivity index (χ2n) is 6.47. The third-order valence-electron chi connectivity index (χ3n) is 5.05. The van der Waals surface area contributed by atoms with Crippen molar-refractivity contribution in [1.29, 1.82) is 0 Å². The Kier molecular flexibility index (Phi) is 3.92. The van der Waals surface area contributed by atoms with Gasteiger partial charge in [0.25, 0.3) is 0 Å². The summed E-state index contributed by atoms with van der Waals surface area (Å²) in [7, 11) is 1.67. The zero-order valence-electron chi connectivity index (χ0n) is 13.9. The monoisotopic (exact) mass is 326 g/mol. The number of benzene rings is 1. The maximum absolute atomic E-state index is 12.6. The van der Waals surface area contributed by atoms with E-state index in [4.69, 9.17) is 9.15 Å². The molecular weight excluding hydrogens is 304 g/mol. The zero-order valence-corrected chi connectivity index (χ0v) is 13.9. The molecule has 5 nitrogen and oxygen atoms in total. The van der Waals surface area contributed by atoms with Gasteiger partial charge in [0.15, 0.2) is 0 Å². The Morgan fingerprint density at radius 3 is 2.50 bits per heavy atom. The van der Waals surface area contributed by atoms with Gasteiger partial charge in [-0.1, -0.05) is 0 Å². The molecule has 0 unspecified atom stereocenters. The van der Waals surface area contributed by atoms with Gasteiger partial charge in [0.2, 0.25) is 5.91 Å². The molecule has 0 spiro atoms. The zero-order chi connectivity index (χ0) is 16.5. The van der Waals surface area contributed by atoms with Crippen molar-refractivity contribution in [3.8, 4) is 5.75 Å². The van der Waals surface area contributed by atoms with Crippen molar-refractivity contribution in [3.05, 3.63) is 48.4 Å². The summed E-state index contributed by atoms with van der Waals surface area (Å²) in [6, 6.07) is 12.0. The van der Waals surface area contributed by atoms with Crippen molar-refractivity contribution >= 4 is 11.6 Å². The average Bonchev–Trinajstić information content (AvgIpc) is 3.26. The first kappa shape index (κ1) is 15.1. The van der Waals surface area contributed by atoms with Crippen LogP contribution in [0.25, 0.3) is 0 Å². The topological polar surface area (TPSA) is 45.9 Å². The van der Waals surface area contributed by atoms with Crippen molar-refractivity contribution in [2.45, 2.75) is 12.3 Å². The van der Waals surface area contributed by atoms with Gasteiger partial charge in [-0.05, 0) is 42.8 Å². The normalized spacial score (nSPS) is 23.2. The van der Waals surface area contributed by atoms with Crippen molar-refractivity contribution in [1.82, 2.24) is 4.90 Å². The smallest absolute Gasteiger partial charge is 0.226 e. The minimum absolute atomic E-state index is 0.115. The van der Waals surface area contributed by atoms with E-state index < -0.39 is 0 Å². The molecule has 0 N–H and O–H groups in total. The van der Waals surface area contributed by atoms with Gasteiger partial charge < -0.3 is 19.0 Å². The van der Waals surface area contributed by atoms with Crippen LogP contribution >= 0.6 is 0 Å². The highest BCUT2D eigenvalue weighted by atomic mass is 16.5. The van der Waals surface area contributed by atoms with E-state index in [0.29, 0.717) is 0 Å². The first-order chi connectivity index (χ1) is 11.8. The summed E-state index contributed by atoms with van der Waals surface area (Å²) in [5, 5.41) is 0. The lowest BCUT2D eigenvalue weighted by Crippen LogP contribution is -2.49. The molecule has 2 atom stereocenters. The molecule has 1 aliphatic heterocycles. The number of hydrogen-bond donors (Lipinski definition) is 0. The number of methoxy groups -OCH3 is 1. The maximum atomic E-state index is 12.6. The van der Waals surface area contributed by atoms with Crippen LogP contribution in [0.1, 0.15) is 18.1 Å². The lowest BCUT2D eigenvalue weighted by Gasteiger charge is -2.36. The molecule has 126 valence electrons. The Hall–Kier alpha value is -2.43. The molecule has 1 aromatic heterocycles. The molecule has 1 saturated carbocycles. The molecule has 1 aliphatic carbocycles. The molecule has 1 amide bonds. The quantitative estimate of drug-likeness (QED) is 0.867. The van der Waals surface area contributed by atoms with Crippen LogP contribution in [0.5, 0.6) is 5.75 Å². The molecule has 24 heavy (non-hydrogen) atoms. The Labute approximate surface area is 141 Å². The maximum Gasteiger partial charge on any atom is 0.226 e. The Morgan fingerprint density at radius 2 is 1.88 bits per heavy atom. The highest BCUT2D eigenvalue weighted by Crippen LogP contribution is 2.48. The summed E-state index contributed by atoms with van der Waals surface area (Å²) in [5.74, 6) is 2.50. The summed E-state index contributed by atoms with van der Waals surface area (Å²) in [6.45, 7) is 3.31. The number of piperazine rings is 1. The van der Waals surface area contributed by atoms with Gasteiger partial charge in [-0.15, -0.1) is 0 Å². The van der Waals surface area contributed by atoms with Crippen LogP contribution in [0, 0.1) is 5.92 Å². The number of nitrogens with zero attached hydrogens (tertiary/aromatic N) is 2. The number of rotatable bonds is 4.